The Kier molecular flexibility index (Phi) is 12.8. The first-order chi connectivity index (χ1) is 13.6. The van der Waals surface area contributed by atoms with E-state index in [2.05, 4.69) is 11.6 Å². The highest BCUT2D eigenvalue weighted by Gasteiger charge is 2.49. The van der Waals surface area contributed by atoms with Crippen LogP contribution in [-0.4, -0.2) is 32.7 Å². The summed E-state index contributed by atoms with van der Waals surface area (Å²) >= 11 is 0. The van der Waals surface area contributed by atoms with Crippen LogP contribution in [0.25, 0.3) is 0 Å². The first-order valence-corrected chi connectivity index (χ1v) is 12.2. The average molecular weight is 458 g/mol. The molecule has 0 aromatic heterocycles. The molecule has 0 radical (unpaired) electrons. The van der Waals surface area contributed by atoms with E-state index in [1.54, 1.807) is 41.5 Å². The molecule has 8 heteroatoms. The van der Waals surface area contributed by atoms with Crippen molar-refractivity contribution in [1.29, 1.82) is 0 Å². The van der Waals surface area contributed by atoms with Crippen LogP contribution in [0, 0.1) is 5.92 Å². The fraction of sp³-hybridized carbons (Fsp3) is 0.955. The second kappa shape index (κ2) is 13.0. The summed E-state index contributed by atoms with van der Waals surface area (Å²) in [5.74, 6) is -2.33. The number of esters is 1. The minimum absolute atomic E-state index is 0.0440. The monoisotopic (exact) mass is 457 g/mol. The second-order valence-electron chi connectivity index (χ2n) is 9.92. The topological polar surface area (TPSA) is 55.4 Å². The molecule has 0 rings (SSSR count). The predicted octanol–water partition coefficient (Wildman–Crippen LogP) is 6.46. The summed E-state index contributed by atoms with van der Waals surface area (Å²) in [5, 5.41) is 0. The minimum Gasteiger partial charge on any atom is -0.460 e. The normalized spacial score (nSPS) is 16.2. The van der Waals surface area contributed by atoms with E-state index in [1.165, 1.54) is 19.3 Å². The van der Waals surface area contributed by atoms with Gasteiger partial charge in [0.05, 0.1) is 21.7 Å². The van der Waals surface area contributed by atoms with Gasteiger partial charge < -0.3 is 4.74 Å². The van der Waals surface area contributed by atoms with Crippen molar-refractivity contribution in [3.8, 4) is 0 Å². The molecule has 0 amide bonds. The van der Waals surface area contributed by atoms with Gasteiger partial charge in [-0.3, -0.25) is 4.79 Å². The molecular weight excluding hydrogens is 415 g/mol. The molecule has 30 heavy (non-hydrogen) atoms. The molecule has 0 aliphatic carbocycles. The van der Waals surface area contributed by atoms with Crippen molar-refractivity contribution in [3.05, 3.63) is 0 Å². The highest BCUT2D eigenvalue weighted by atomic mass is 32.2. The Bertz CT molecular complexity index is 525. The first kappa shape index (κ1) is 29.4. The number of unbranched alkanes of at least 4 members (excludes halogenated alkanes) is 7. The number of carbonyl (C=O) groups is 1. The van der Waals surface area contributed by atoms with Crippen molar-refractivity contribution >= 4 is 17.0 Å². The Morgan fingerprint density at radius 2 is 1.37 bits per heavy atom. The number of halogens is 3. The molecule has 4 nitrogen and oxygen atoms in total. The van der Waals surface area contributed by atoms with Gasteiger partial charge in [-0.25, -0.2) is 8.93 Å². The summed E-state index contributed by atoms with van der Waals surface area (Å²) in [6.07, 6.45) is 3.23. The van der Waals surface area contributed by atoms with Gasteiger partial charge in [-0.05, 0) is 48.0 Å². The predicted molar refractivity (Wildman–Crippen MR) is 117 cm³/mol. The molecular formula is C22H42F3NO3S. The fourth-order valence-corrected chi connectivity index (χ4v) is 3.85. The summed E-state index contributed by atoms with van der Waals surface area (Å²) in [4.78, 5) is 12.7. The number of hydrogen-bond acceptors (Lipinski definition) is 3. The Hall–Kier alpha value is -0.630. The smallest absolute Gasteiger partial charge is 0.405 e. The number of carbonyl (C=O) groups excluding carboxylic acids is 1. The molecule has 1 N–H and O–H groups in total. The first-order valence-electron chi connectivity index (χ1n) is 11.1. The van der Waals surface area contributed by atoms with Crippen molar-refractivity contribution in [1.82, 2.24) is 4.72 Å². The maximum Gasteiger partial charge on any atom is 0.405 e. The Morgan fingerprint density at radius 3 is 1.77 bits per heavy atom. The van der Waals surface area contributed by atoms with Gasteiger partial charge in [0.15, 0.2) is 0 Å². The van der Waals surface area contributed by atoms with Crippen LogP contribution in [0.3, 0.4) is 0 Å². The van der Waals surface area contributed by atoms with Gasteiger partial charge in [0.1, 0.15) is 11.6 Å². The largest absolute Gasteiger partial charge is 0.460 e. The number of hydrogen-bond donors (Lipinski definition) is 1. The summed E-state index contributed by atoms with van der Waals surface area (Å²) in [5.41, 5.74) is -0.895. The maximum atomic E-state index is 13.9. The van der Waals surface area contributed by atoms with Crippen molar-refractivity contribution in [3.63, 3.8) is 0 Å². The molecule has 0 fully saturated rings. The van der Waals surface area contributed by atoms with E-state index in [1.807, 2.05) is 0 Å². The van der Waals surface area contributed by atoms with Crippen LogP contribution < -0.4 is 4.72 Å². The highest BCUT2D eigenvalue weighted by Crippen LogP contribution is 2.32. The number of alkyl halides is 3. The number of ether oxygens (including phenoxy) is 1. The third-order valence-corrected chi connectivity index (χ3v) is 6.20. The van der Waals surface area contributed by atoms with Crippen molar-refractivity contribution < 1.29 is 26.9 Å². The van der Waals surface area contributed by atoms with Crippen LogP contribution in [0.15, 0.2) is 0 Å². The maximum absolute atomic E-state index is 13.9. The SMILES string of the molecule is CCCCCCCCCC[C@@H](C(=O)OC(C)(C)C)[C@@H](N[S@](=O)C(C)(C)C)C(F)(F)F. The van der Waals surface area contributed by atoms with Gasteiger partial charge in [0.25, 0.3) is 0 Å². The average Bonchev–Trinajstić information content (AvgIpc) is 2.55. The van der Waals surface area contributed by atoms with Gasteiger partial charge in [-0.2, -0.15) is 13.2 Å². The van der Waals surface area contributed by atoms with Crippen molar-refractivity contribution in [2.75, 3.05) is 0 Å². The summed E-state index contributed by atoms with van der Waals surface area (Å²) < 4.78 is 60.5. The lowest BCUT2D eigenvalue weighted by atomic mass is 9.92. The van der Waals surface area contributed by atoms with E-state index in [9.17, 15) is 22.2 Å². The molecule has 180 valence electrons. The lowest BCUT2D eigenvalue weighted by molar-refractivity contribution is -0.185. The zero-order chi connectivity index (χ0) is 23.6. The number of rotatable bonds is 13. The molecule has 0 aliphatic rings. The van der Waals surface area contributed by atoms with Crippen LogP contribution >= 0.6 is 0 Å². The molecule has 0 heterocycles. The molecule has 0 spiro atoms. The van der Waals surface area contributed by atoms with Gasteiger partial charge in [0, 0.05) is 0 Å². The molecule has 3 atom stereocenters. The molecule has 0 unspecified atom stereocenters. The van der Waals surface area contributed by atoms with Crippen LogP contribution in [0.5, 0.6) is 0 Å². The Labute approximate surface area is 183 Å². The zero-order valence-electron chi connectivity index (χ0n) is 19.8. The van der Waals surface area contributed by atoms with Crippen molar-refractivity contribution in [2.24, 2.45) is 5.92 Å². The van der Waals surface area contributed by atoms with Crippen molar-refractivity contribution in [2.45, 2.75) is 129 Å². The lowest BCUT2D eigenvalue weighted by Crippen LogP contribution is -2.54. The van der Waals surface area contributed by atoms with E-state index < -0.39 is 45.4 Å². The van der Waals surface area contributed by atoms with Crippen LogP contribution in [-0.2, 0) is 20.5 Å². The molecule has 0 bridgehead atoms. The molecule has 0 aromatic rings. The fourth-order valence-electron chi connectivity index (χ4n) is 2.97. The lowest BCUT2D eigenvalue weighted by Gasteiger charge is -2.32. The quantitative estimate of drug-likeness (QED) is 0.255. The summed E-state index contributed by atoms with van der Waals surface area (Å²) in [6.45, 7) is 11.8. The summed E-state index contributed by atoms with van der Waals surface area (Å²) in [7, 11) is -1.97. The molecule has 0 saturated heterocycles. The summed E-state index contributed by atoms with van der Waals surface area (Å²) in [6, 6.07) is -2.21. The molecule has 0 saturated carbocycles. The molecule has 0 aliphatic heterocycles. The third kappa shape index (κ3) is 12.9. The van der Waals surface area contributed by atoms with E-state index in [0.29, 0.717) is 6.42 Å². The van der Waals surface area contributed by atoms with Gasteiger partial charge in [-0.1, -0.05) is 58.3 Å². The van der Waals surface area contributed by atoms with Gasteiger partial charge in [-0.15, -0.1) is 0 Å². The van der Waals surface area contributed by atoms with Crippen LogP contribution in [0.4, 0.5) is 13.2 Å². The zero-order valence-corrected chi connectivity index (χ0v) is 20.6. The Balaban J connectivity index is 5.22. The minimum atomic E-state index is -4.72. The third-order valence-electron chi connectivity index (χ3n) is 4.62. The van der Waals surface area contributed by atoms with E-state index in [-0.39, 0.29) is 6.42 Å². The van der Waals surface area contributed by atoms with Gasteiger partial charge in [0.2, 0.25) is 0 Å². The van der Waals surface area contributed by atoms with Gasteiger partial charge >= 0.3 is 12.1 Å². The molecule has 0 aromatic carbocycles. The van der Waals surface area contributed by atoms with E-state index in [4.69, 9.17) is 4.74 Å². The van der Waals surface area contributed by atoms with Crippen LogP contribution in [0.1, 0.15) is 106 Å². The standard InChI is InChI=1S/C22H42F3NO3S/c1-8-9-10-11-12-13-14-15-16-17(19(27)29-20(2,3)4)18(22(23,24)25)26-30(28)21(5,6)7/h17-18,26H,8-16H2,1-7H3/t17-,18-,30-/m1/s1. The second-order valence-corrected chi connectivity index (χ2v) is 11.9. The number of nitrogens with one attached hydrogen (secondary N) is 1. The Morgan fingerprint density at radius 1 is 0.900 bits per heavy atom. The van der Waals surface area contributed by atoms with E-state index >= 15 is 0 Å². The van der Waals surface area contributed by atoms with E-state index in [0.717, 1.165) is 25.7 Å². The van der Waals surface area contributed by atoms with Crippen LogP contribution in [0.2, 0.25) is 0 Å². The highest BCUT2D eigenvalue weighted by molar-refractivity contribution is 7.84.